The highest BCUT2D eigenvalue weighted by Gasteiger charge is 2.34. The average Bonchev–Trinajstić information content (AvgIpc) is 2.76. The molecule has 2 aromatic carbocycles. The SMILES string of the molecule is CCO[C@@H](Cc1ccc(OC/C=C\C#Cc2ccc(OC(F)(F)F)cc2OC(F)(F)F)cc1)C(=O)O. The Labute approximate surface area is 202 Å². The minimum absolute atomic E-state index is 0.0506. The van der Waals surface area contributed by atoms with Crippen LogP contribution in [-0.2, 0) is 16.0 Å². The summed E-state index contributed by atoms with van der Waals surface area (Å²) in [7, 11) is 0. The third kappa shape index (κ3) is 10.6. The summed E-state index contributed by atoms with van der Waals surface area (Å²) in [4.78, 5) is 11.2. The lowest BCUT2D eigenvalue weighted by atomic mass is 10.1. The fourth-order valence-electron chi connectivity index (χ4n) is 2.74. The van der Waals surface area contributed by atoms with Gasteiger partial charge in [0.25, 0.3) is 0 Å². The fraction of sp³-hybridized carbons (Fsp3) is 0.292. The van der Waals surface area contributed by atoms with E-state index in [1.54, 1.807) is 31.2 Å². The summed E-state index contributed by atoms with van der Waals surface area (Å²) < 4.78 is 92.7. The lowest BCUT2D eigenvalue weighted by Crippen LogP contribution is -2.26. The predicted octanol–water partition coefficient (Wildman–Crippen LogP) is 5.50. The number of ether oxygens (including phenoxy) is 4. The smallest absolute Gasteiger partial charge is 0.490 e. The number of halogens is 6. The van der Waals surface area contributed by atoms with Crippen LogP contribution in [0.25, 0.3) is 0 Å². The van der Waals surface area contributed by atoms with Crippen molar-refractivity contribution in [1.29, 1.82) is 0 Å². The molecule has 0 unspecified atom stereocenters. The zero-order valence-corrected chi connectivity index (χ0v) is 18.7. The predicted molar refractivity (Wildman–Crippen MR) is 115 cm³/mol. The maximum atomic E-state index is 12.6. The van der Waals surface area contributed by atoms with Crippen molar-refractivity contribution in [2.45, 2.75) is 32.2 Å². The zero-order chi connectivity index (χ0) is 26.8. The van der Waals surface area contributed by atoms with Crippen LogP contribution in [0.3, 0.4) is 0 Å². The largest absolute Gasteiger partial charge is 0.573 e. The van der Waals surface area contributed by atoms with Crippen LogP contribution in [0.2, 0.25) is 0 Å². The third-order valence-electron chi connectivity index (χ3n) is 4.15. The molecular formula is C24H20F6O6. The summed E-state index contributed by atoms with van der Waals surface area (Å²) >= 11 is 0. The molecule has 0 saturated heterocycles. The molecule has 0 aliphatic rings. The van der Waals surface area contributed by atoms with Crippen molar-refractivity contribution < 1.29 is 55.2 Å². The van der Waals surface area contributed by atoms with Crippen molar-refractivity contribution in [2.24, 2.45) is 0 Å². The van der Waals surface area contributed by atoms with E-state index in [1.165, 1.54) is 12.2 Å². The number of carbonyl (C=O) groups is 1. The second kappa shape index (κ2) is 12.7. The number of allylic oxidation sites excluding steroid dienone is 1. The molecule has 194 valence electrons. The zero-order valence-electron chi connectivity index (χ0n) is 18.7. The van der Waals surface area contributed by atoms with E-state index in [2.05, 4.69) is 21.3 Å². The highest BCUT2D eigenvalue weighted by Crippen LogP contribution is 2.32. The Bertz CT molecular complexity index is 1100. The maximum absolute atomic E-state index is 12.6. The molecule has 36 heavy (non-hydrogen) atoms. The molecule has 0 fully saturated rings. The minimum atomic E-state index is -5.15. The molecule has 0 aliphatic heterocycles. The van der Waals surface area contributed by atoms with E-state index in [1.807, 2.05) is 0 Å². The number of alkyl halides is 6. The van der Waals surface area contributed by atoms with Gasteiger partial charge < -0.3 is 24.1 Å². The van der Waals surface area contributed by atoms with Crippen LogP contribution in [0.5, 0.6) is 17.2 Å². The van der Waals surface area contributed by atoms with Crippen molar-refractivity contribution in [3.8, 4) is 29.1 Å². The molecule has 0 radical (unpaired) electrons. The van der Waals surface area contributed by atoms with Crippen LogP contribution in [0.4, 0.5) is 26.3 Å². The number of carboxylic acid groups (broad SMARTS) is 1. The van der Waals surface area contributed by atoms with E-state index in [-0.39, 0.29) is 25.2 Å². The Morgan fingerprint density at radius 3 is 2.22 bits per heavy atom. The normalized spacial score (nSPS) is 12.5. The number of hydrogen-bond donors (Lipinski definition) is 1. The van der Waals surface area contributed by atoms with Gasteiger partial charge >= 0.3 is 18.7 Å². The summed E-state index contributed by atoms with van der Waals surface area (Å²) in [6.07, 6.45) is -8.27. The van der Waals surface area contributed by atoms with Gasteiger partial charge in [0.05, 0.1) is 5.56 Å². The van der Waals surface area contributed by atoms with Gasteiger partial charge in [-0.1, -0.05) is 24.0 Å². The number of benzene rings is 2. The number of aliphatic carboxylic acids is 1. The van der Waals surface area contributed by atoms with Crippen LogP contribution in [0, 0.1) is 11.8 Å². The van der Waals surface area contributed by atoms with Gasteiger partial charge in [-0.15, -0.1) is 26.3 Å². The van der Waals surface area contributed by atoms with Crippen molar-refractivity contribution in [3.05, 3.63) is 65.7 Å². The van der Waals surface area contributed by atoms with Crippen LogP contribution in [0.1, 0.15) is 18.1 Å². The molecule has 2 aromatic rings. The van der Waals surface area contributed by atoms with Gasteiger partial charge in [-0.25, -0.2) is 4.79 Å². The summed E-state index contributed by atoms with van der Waals surface area (Å²) in [6, 6.07) is 8.78. The van der Waals surface area contributed by atoms with Crippen LogP contribution in [-0.4, -0.2) is 43.1 Å². The van der Waals surface area contributed by atoms with Crippen LogP contribution >= 0.6 is 0 Å². The monoisotopic (exact) mass is 518 g/mol. The summed E-state index contributed by atoms with van der Waals surface area (Å²) in [5.74, 6) is 2.37. The number of rotatable bonds is 10. The molecule has 0 amide bonds. The van der Waals surface area contributed by atoms with Gasteiger partial charge in [-0.3, -0.25) is 0 Å². The quantitative estimate of drug-likeness (QED) is 0.331. The van der Waals surface area contributed by atoms with E-state index in [0.29, 0.717) is 11.8 Å². The lowest BCUT2D eigenvalue weighted by molar-refractivity contribution is -0.276. The maximum Gasteiger partial charge on any atom is 0.573 e. The first-order valence-corrected chi connectivity index (χ1v) is 10.2. The second-order valence-corrected chi connectivity index (χ2v) is 6.87. The topological polar surface area (TPSA) is 74.2 Å². The molecule has 0 heterocycles. The van der Waals surface area contributed by atoms with Gasteiger partial charge in [-0.05, 0) is 48.9 Å². The molecule has 0 spiro atoms. The average molecular weight is 518 g/mol. The Balaban J connectivity index is 1.98. The van der Waals surface area contributed by atoms with Gasteiger partial charge in [0.1, 0.15) is 23.9 Å². The van der Waals surface area contributed by atoms with Gasteiger partial charge in [-0.2, -0.15) is 0 Å². The van der Waals surface area contributed by atoms with Crippen LogP contribution in [0.15, 0.2) is 54.6 Å². The van der Waals surface area contributed by atoms with Crippen molar-refractivity contribution in [1.82, 2.24) is 0 Å². The Hall–Kier alpha value is -3.85. The van der Waals surface area contributed by atoms with E-state index in [0.717, 1.165) is 17.7 Å². The summed E-state index contributed by atoms with van der Waals surface area (Å²) in [6.45, 7) is 2.01. The van der Waals surface area contributed by atoms with Crippen molar-refractivity contribution in [2.75, 3.05) is 13.2 Å². The Kier molecular flexibility index (Phi) is 10.0. The molecule has 0 saturated carbocycles. The van der Waals surface area contributed by atoms with Gasteiger partial charge in [0, 0.05) is 19.1 Å². The molecule has 12 heteroatoms. The summed E-state index contributed by atoms with van der Waals surface area (Å²) in [5.41, 5.74) is 0.419. The standard InChI is InChI=1S/C24H20F6O6/c1-2-33-21(22(31)32)14-16-7-10-18(11-8-16)34-13-5-3-4-6-17-9-12-19(35-23(25,26)27)15-20(17)36-24(28,29)30/h3,5,7-12,15,21H,2,13-14H2,1H3,(H,31,32)/b5-3-/t21-/m0/s1. The lowest BCUT2D eigenvalue weighted by Gasteiger charge is -2.13. The van der Waals surface area contributed by atoms with E-state index in [4.69, 9.17) is 14.6 Å². The highest BCUT2D eigenvalue weighted by atomic mass is 19.4. The third-order valence-corrected chi connectivity index (χ3v) is 4.15. The first-order chi connectivity index (χ1) is 16.9. The Morgan fingerprint density at radius 1 is 1.00 bits per heavy atom. The molecular weight excluding hydrogens is 498 g/mol. The fourth-order valence-corrected chi connectivity index (χ4v) is 2.74. The first kappa shape index (κ1) is 28.4. The molecule has 0 bridgehead atoms. The van der Waals surface area contributed by atoms with Gasteiger partial charge in [0.15, 0.2) is 6.10 Å². The second-order valence-electron chi connectivity index (χ2n) is 6.87. The number of hydrogen-bond acceptors (Lipinski definition) is 5. The van der Waals surface area contributed by atoms with Crippen molar-refractivity contribution >= 4 is 5.97 Å². The highest BCUT2D eigenvalue weighted by molar-refractivity contribution is 5.72. The van der Waals surface area contributed by atoms with Crippen LogP contribution < -0.4 is 14.2 Å². The molecule has 0 aliphatic carbocycles. The summed E-state index contributed by atoms with van der Waals surface area (Å²) in [5, 5.41) is 9.13. The molecule has 0 aromatic heterocycles. The Morgan fingerprint density at radius 2 is 1.64 bits per heavy atom. The van der Waals surface area contributed by atoms with Gasteiger partial charge in [0.2, 0.25) is 0 Å². The number of carboxylic acids is 1. The van der Waals surface area contributed by atoms with E-state index >= 15 is 0 Å². The van der Waals surface area contributed by atoms with E-state index in [9.17, 15) is 31.1 Å². The molecule has 1 N–H and O–H groups in total. The molecule has 2 rings (SSSR count). The van der Waals surface area contributed by atoms with Crippen molar-refractivity contribution in [3.63, 3.8) is 0 Å². The molecule has 1 atom stereocenters. The first-order valence-electron chi connectivity index (χ1n) is 10.2. The minimum Gasteiger partial charge on any atom is -0.490 e. The molecule has 6 nitrogen and oxygen atoms in total. The van der Waals surface area contributed by atoms with E-state index < -0.39 is 36.3 Å².